The van der Waals surface area contributed by atoms with E-state index in [2.05, 4.69) is 6.92 Å². The molecule has 0 N–H and O–H groups in total. The quantitative estimate of drug-likeness (QED) is 0.628. The average molecular weight is 438 g/mol. The number of para-hydroxylation sites is 1. The van der Waals surface area contributed by atoms with Crippen molar-refractivity contribution >= 4 is 27.5 Å². The predicted molar refractivity (Wildman–Crippen MR) is 123 cm³/mol. The molecule has 0 saturated carbocycles. The van der Waals surface area contributed by atoms with Crippen LogP contribution in [0.4, 0.5) is 0 Å². The summed E-state index contributed by atoms with van der Waals surface area (Å²) in [4.78, 5) is 44.1. The minimum atomic E-state index is -0.429. The number of aryl methyl sites for hydroxylation is 2. The zero-order chi connectivity index (χ0) is 21.5. The normalized spacial score (nSPS) is 18.5. The van der Waals surface area contributed by atoms with Gasteiger partial charge in [0.25, 0.3) is 5.56 Å². The number of aromatic nitrogens is 2. The summed E-state index contributed by atoms with van der Waals surface area (Å²) in [6.45, 7) is 2.84. The standard InChI is InChI=1S/C24H27N3O3S/c1-2-16-9-6-7-14-25(16)20(28)15-26-23-21(18-12-8-13-19(18)31-23)22(29)27(24(26)30)17-10-4-3-5-11-17/h3-5,10-11,16H,2,6-9,12-15H2,1H3/t16-/m0/s1. The van der Waals surface area contributed by atoms with Crippen LogP contribution in [0.15, 0.2) is 39.9 Å². The summed E-state index contributed by atoms with van der Waals surface area (Å²) < 4.78 is 2.80. The number of rotatable bonds is 4. The first-order valence-electron chi connectivity index (χ1n) is 11.2. The molecule has 0 spiro atoms. The molecule has 1 atom stereocenters. The fraction of sp³-hybridized carbons (Fsp3) is 0.458. The molecular weight excluding hydrogens is 410 g/mol. The van der Waals surface area contributed by atoms with Crippen molar-refractivity contribution < 1.29 is 4.79 Å². The van der Waals surface area contributed by atoms with E-state index in [9.17, 15) is 14.4 Å². The molecule has 0 radical (unpaired) electrons. The lowest BCUT2D eigenvalue weighted by Crippen LogP contribution is -2.47. The number of benzene rings is 1. The molecule has 5 rings (SSSR count). The Morgan fingerprint density at radius 3 is 2.68 bits per heavy atom. The summed E-state index contributed by atoms with van der Waals surface area (Å²) >= 11 is 1.52. The lowest BCUT2D eigenvalue weighted by atomic mass is 10.00. The van der Waals surface area contributed by atoms with E-state index >= 15 is 0 Å². The van der Waals surface area contributed by atoms with Gasteiger partial charge in [-0.25, -0.2) is 9.36 Å². The Morgan fingerprint density at radius 2 is 1.90 bits per heavy atom. The minimum Gasteiger partial charge on any atom is -0.338 e. The number of thiophene rings is 1. The third kappa shape index (κ3) is 3.35. The maximum absolute atomic E-state index is 13.6. The topological polar surface area (TPSA) is 64.3 Å². The molecule has 6 nitrogen and oxygen atoms in total. The van der Waals surface area contributed by atoms with E-state index in [-0.39, 0.29) is 24.1 Å². The van der Waals surface area contributed by atoms with Gasteiger partial charge in [0.1, 0.15) is 11.4 Å². The van der Waals surface area contributed by atoms with Crippen LogP contribution in [0.5, 0.6) is 0 Å². The van der Waals surface area contributed by atoms with Crippen LogP contribution in [0, 0.1) is 0 Å². The zero-order valence-corrected chi connectivity index (χ0v) is 18.6. The molecule has 1 amide bonds. The second-order valence-corrected chi connectivity index (χ2v) is 9.61. The molecule has 7 heteroatoms. The molecule has 0 unspecified atom stereocenters. The first-order valence-corrected chi connectivity index (χ1v) is 12.1. The Morgan fingerprint density at radius 1 is 1.10 bits per heavy atom. The van der Waals surface area contributed by atoms with E-state index in [1.807, 2.05) is 23.1 Å². The first kappa shape index (κ1) is 20.2. The highest BCUT2D eigenvalue weighted by atomic mass is 32.1. The van der Waals surface area contributed by atoms with Gasteiger partial charge < -0.3 is 4.90 Å². The second kappa shape index (κ2) is 8.11. The molecule has 1 fully saturated rings. The van der Waals surface area contributed by atoms with Gasteiger partial charge in [-0.05, 0) is 62.6 Å². The average Bonchev–Trinajstić information content (AvgIpc) is 3.38. The summed E-state index contributed by atoms with van der Waals surface area (Å²) in [5.74, 6) is -0.0261. The third-order valence-electron chi connectivity index (χ3n) is 6.71. The lowest BCUT2D eigenvalue weighted by Gasteiger charge is -2.35. The minimum absolute atomic E-state index is 0.0155. The molecule has 31 heavy (non-hydrogen) atoms. The van der Waals surface area contributed by atoms with Gasteiger partial charge in [-0.1, -0.05) is 25.1 Å². The first-order chi connectivity index (χ1) is 15.1. The van der Waals surface area contributed by atoms with Crippen molar-refractivity contribution in [3.05, 3.63) is 61.6 Å². The fourth-order valence-electron chi connectivity index (χ4n) is 5.13. The number of hydrogen-bond acceptors (Lipinski definition) is 4. The van der Waals surface area contributed by atoms with Crippen molar-refractivity contribution in [3.63, 3.8) is 0 Å². The van der Waals surface area contributed by atoms with Crippen LogP contribution in [0.2, 0.25) is 0 Å². The smallest absolute Gasteiger partial charge is 0.337 e. The molecule has 2 aliphatic rings. The number of fused-ring (bicyclic) bond motifs is 3. The molecular formula is C24H27N3O3S. The number of hydrogen-bond donors (Lipinski definition) is 0. The SMILES string of the molecule is CC[C@H]1CCCCN1C(=O)Cn1c(=O)n(-c2ccccc2)c(=O)c2c3c(sc21)CCC3. The Kier molecular flexibility index (Phi) is 5.30. The van der Waals surface area contributed by atoms with E-state index in [4.69, 9.17) is 0 Å². The van der Waals surface area contributed by atoms with Crippen molar-refractivity contribution in [2.45, 2.75) is 64.5 Å². The van der Waals surface area contributed by atoms with Gasteiger partial charge in [-0.15, -0.1) is 11.3 Å². The van der Waals surface area contributed by atoms with Crippen molar-refractivity contribution in [1.82, 2.24) is 14.0 Å². The number of piperidine rings is 1. The molecule has 0 bridgehead atoms. The molecule has 2 aromatic heterocycles. The largest absolute Gasteiger partial charge is 0.338 e. The summed E-state index contributed by atoms with van der Waals surface area (Å²) in [5.41, 5.74) is 0.920. The summed E-state index contributed by atoms with van der Waals surface area (Å²) in [6, 6.07) is 9.27. The van der Waals surface area contributed by atoms with Gasteiger partial charge in [0, 0.05) is 17.5 Å². The van der Waals surface area contributed by atoms with Gasteiger partial charge in [0.2, 0.25) is 5.91 Å². The molecule has 162 valence electrons. The maximum Gasteiger partial charge on any atom is 0.337 e. The van der Waals surface area contributed by atoms with Crippen LogP contribution in [0.3, 0.4) is 0 Å². The number of carbonyl (C=O) groups is 1. The monoisotopic (exact) mass is 437 g/mol. The predicted octanol–water partition coefficient (Wildman–Crippen LogP) is 3.49. The van der Waals surface area contributed by atoms with Crippen molar-refractivity contribution in [3.8, 4) is 5.69 Å². The molecule has 1 aromatic carbocycles. The number of carbonyl (C=O) groups excluding carboxylic acids is 1. The van der Waals surface area contributed by atoms with Crippen LogP contribution < -0.4 is 11.2 Å². The number of nitrogens with zero attached hydrogens (tertiary/aromatic N) is 3. The van der Waals surface area contributed by atoms with Gasteiger partial charge in [-0.3, -0.25) is 14.2 Å². The number of likely N-dealkylation sites (tertiary alicyclic amines) is 1. The van der Waals surface area contributed by atoms with E-state index in [0.29, 0.717) is 15.9 Å². The zero-order valence-electron chi connectivity index (χ0n) is 17.8. The van der Waals surface area contributed by atoms with E-state index in [0.717, 1.165) is 57.1 Å². The Balaban J connectivity index is 1.68. The van der Waals surface area contributed by atoms with Crippen LogP contribution in [0.1, 0.15) is 49.5 Å². The highest BCUT2D eigenvalue weighted by Crippen LogP contribution is 2.35. The highest BCUT2D eigenvalue weighted by Gasteiger charge is 2.29. The lowest BCUT2D eigenvalue weighted by molar-refractivity contribution is -0.135. The van der Waals surface area contributed by atoms with E-state index < -0.39 is 5.69 Å². The summed E-state index contributed by atoms with van der Waals surface area (Å²) in [5, 5.41) is 0.624. The van der Waals surface area contributed by atoms with Crippen LogP contribution in [-0.2, 0) is 24.2 Å². The Labute approximate surface area is 184 Å². The van der Waals surface area contributed by atoms with Gasteiger partial charge in [0.15, 0.2) is 0 Å². The van der Waals surface area contributed by atoms with Gasteiger partial charge >= 0.3 is 5.69 Å². The molecule has 3 aromatic rings. The van der Waals surface area contributed by atoms with Crippen LogP contribution in [0.25, 0.3) is 15.9 Å². The highest BCUT2D eigenvalue weighted by molar-refractivity contribution is 7.19. The van der Waals surface area contributed by atoms with E-state index in [1.165, 1.54) is 20.8 Å². The van der Waals surface area contributed by atoms with Crippen LogP contribution in [-0.4, -0.2) is 32.5 Å². The maximum atomic E-state index is 13.6. The van der Waals surface area contributed by atoms with Crippen molar-refractivity contribution in [2.75, 3.05) is 6.54 Å². The Bertz CT molecular complexity index is 1260. The molecule has 1 saturated heterocycles. The van der Waals surface area contributed by atoms with Crippen molar-refractivity contribution in [2.24, 2.45) is 0 Å². The van der Waals surface area contributed by atoms with Gasteiger partial charge in [0.05, 0.1) is 11.1 Å². The number of amides is 1. The van der Waals surface area contributed by atoms with Crippen LogP contribution >= 0.6 is 11.3 Å². The fourth-order valence-corrected chi connectivity index (χ4v) is 6.50. The summed E-state index contributed by atoms with van der Waals surface area (Å²) in [6.07, 6.45) is 6.91. The third-order valence-corrected chi connectivity index (χ3v) is 8.03. The van der Waals surface area contributed by atoms with Gasteiger partial charge in [-0.2, -0.15) is 0 Å². The summed E-state index contributed by atoms with van der Waals surface area (Å²) in [7, 11) is 0. The van der Waals surface area contributed by atoms with E-state index in [1.54, 1.807) is 16.7 Å². The molecule has 1 aliphatic carbocycles. The Hall–Kier alpha value is -2.67. The van der Waals surface area contributed by atoms with Crippen molar-refractivity contribution in [1.29, 1.82) is 0 Å². The second-order valence-electron chi connectivity index (χ2n) is 8.53. The molecule has 3 heterocycles. The molecule has 1 aliphatic heterocycles.